The first-order valence-electron chi connectivity index (χ1n) is 11.8. The van der Waals surface area contributed by atoms with E-state index in [0.717, 1.165) is 43.4 Å². The summed E-state index contributed by atoms with van der Waals surface area (Å²) in [7, 11) is 0. The monoisotopic (exact) mass is 492 g/mol. The maximum atomic E-state index is 6.28. The zero-order valence-electron chi connectivity index (χ0n) is 19.3. The molecule has 2 N–H and O–H groups in total. The molecule has 5 rings (SSSR count). The smallest absolute Gasteiger partial charge is 0.232 e. The van der Waals surface area contributed by atoms with Crippen LogP contribution in [-0.2, 0) is 19.6 Å². The fourth-order valence-electron chi connectivity index (χ4n) is 4.66. The van der Waals surface area contributed by atoms with Gasteiger partial charge in [-0.1, -0.05) is 61.0 Å². The van der Waals surface area contributed by atoms with E-state index in [9.17, 15) is 0 Å². The molecule has 1 atom stereocenters. The third kappa shape index (κ3) is 5.26. The molecule has 2 aromatic carbocycles. The Morgan fingerprint density at radius 3 is 2.41 bits per heavy atom. The summed E-state index contributed by atoms with van der Waals surface area (Å²) in [4.78, 5) is 14.4. The van der Waals surface area contributed by atoms with E-state index >= 15 is 0 Å². The van der Waals surface area contributed by atoms with Gasteiger partial charge in [0.1, 0.15) is 11.6 Å². The van der Waals surface area contributed by atoms with E-state index in [1.165, 1.54) is 24.0 Å². The van der Waals surface area contributed by atoms with E-state index in [4.69, 9.17) is 33.8 Å². The highest BCUT2D eigenvalue weighted by atomic mass is 35.5. The Bertz CT molecular complexity index is 1160. The lowest BCUT2D eigenvalue weighted by Crippen LogP contribution is -2.35. The van der Waals surface area contributed by atoms with Crippen molar-refractivity contribution in [3.63, 3.8) is 0 Å². The molecule has 3 aromatic rings. The fourth-order valence-corrected chi connectivity index (χ4v) is 5.02. The van der Waals surface area contributed by atoms with Crippen LogP contribution in [0.3, 0.4) is 0 Å². The first-order valence-corrected chi connectivity index (χ1v) is 12.6. The molecule has 0 amide bonds. The number of rotatable bonds is 5. The average molecular weight is 493 g/mol. The number of nitrogens with zero attached hydrogens (tertiary/aromatic N) is 4. The lowest BCUT2D eigenvalue weighted by molar-refractivity contribution is 0.444. The van der Waals surface area contributed by atoms with Gasteiger partial charge < -0.3 is 20.4 Å². The summed E-state index contributed by atoms with van der Waals surface area (Å²) >= 11 is 11.8. The number of thiocarbonyl (C=S) groups is 1. The minimum Gasteiger partial charge on any atom is -0.358 e. The lowest BCUT2D eigenvalue weighted by Gasteiger charge is -2.32. The fraction of sp³-hybridized carbons (Fsp3) is 0.346. The predicted molar refractivity (Wildman–Crippen MR) is 143 cm³/mol. The van der Waals surface area contributed by atoms with Crippen LogP contribution in [0.15, 0.2) is 54.6 Å². The number of nitrogens with one attached hydrogen (secondary N) is 2. The van der Waals surface area contributed by atoms with Gasteiger partial charge in [-0.15, -0.1) is 0 Å². The SMILES string of the molecule is CC1CCCN(c2cc(N3Cc4ccccc4C3)nc(NC(=S)NCc3ccccc3Cl)n2)C1. The minimum absolute atomic E-state index is 0.472. The number of halogens is 1. The van der Waals surface area contributed by atoms with Crippen LogP contribution < -0.4 is 20.4 Å². The van der Waals surface area contributed by atoms with Crippen molar-refractivity contribution in [2.24, 2.45) is 5.92 Å². The number of benzene rings is 2. The number of aromatic nitrogens is 2. The molecule has 1 fully saturated rings. The molecule has 2 aliphatic rings. The third-order valence-corrected chi connectivity index (χ3v) is 7.08. The van der Waals surface area contributed by atoms with Crippen LogP contribution in [0, 0.1) is 5.92 Å². The number of anilines is 3. The van der Waals surface area contributed by atoms with Gasteiger partial charge in [-0.2, -0.15) is 9.97 Å². The Labute approximate surface area is 211 Å². The second-order valence-electron chi connectivity index (χ2n) is 9.13. The summed E-state index contributed by atoms with van der Waals surface area (Å²) in [5.74, 6) is 3.02. The molecule has 1 saturated heterocycles. The van der Waals surface area contributed by atoms with Crippen molar-refractivity contribution in [2.75, 3.05) is 28.2 Å². The maximum Gasteiger partial charge on any atom is 0.232 e. The highest BCUT2D eigenvalue weighted by molar-refractivity contribution is 7.80. The summed E-state index contributed by atoms with van der Waals surface area (Å²) in [5, 5.41) is 7.62. The molecule has 0 spiro atoms. The molecule has 0 bridgehead atoms. The molecule has 0 radical (unpaired) electrons. The number of hydrogen-bond acceptors (Lipinski definition) is 5. The van der Waals surface area contributed by atoms with Crippen LogP contribution in [-0.4, -0.2) is 28.2 Å². The lowest BCUT2D eigenvalue weighted by atomic mass is 10.0. The quantitative estimate of drug-likeness (QED) is 0.464. The van der Waals surface area contributed by atoms with Gasteiger partial charge in [0.05, 0.1) is 0 Å². The van der Waals surface area contributed by atoms with Crippen LogP contribution in [0.1, 0.15) is 36.5 Å². The van der Waals surface area contributed by atoms with Crippen molar-refractivity contribution < 1.29 is 0 Å². The number of fused-ring (bicyclic) bond motifs is 1. The molecule has 6 nitrogen and oxygen atoms in total. The van der Waals surface area contributed by atoms with Gasteiger partial charge in [-0.25, -0.2) is 0 Å². The van der Waals surface area contributed by atoms with Gasteiger partial charge in [0.15, 0.2) is 5.11 Å². The van der Waals surface area contributed by atoms with Gasteiger partial charge in [-0.05, 0) is 53.7 Å². The van der Waals surface area contributed by atoms with E-state index < -0.39 is 0 Å². The van der Waals surface area contributed by atoms with Crippen molar-refractivity contribution >= 4 is 46.5 Å². The zero-order valence-corrected chi connectivity index (χ0v) is 20.9. The molecule has 3 heterocycles. The van der Waals surface area contributed by atoms with E-state index in [1.54, 1.807) is 0 Å². The van der Waals surface area contributed by atoms with E-state index in [1.807, 2.05) is 24.3 Å². The molecule has 2 aliphatic heterocycles. The molecular weight excluding hydrogens is 464 g/mol. The first-order chi connectivity index (χ1) is 16.5. The Morgan fingerprint density at radius 2 is 1.71 bits per heavy atom. The molecule has 0 aliphatic carbocycles. The summed E-state index contributed by atoms with van der Waals surface area (Å²) in [6.07, 6.45) is 2.44. The van der Waals surface area contributed by atoms with Crippen molar-refractivity contribution in [2.45, 2.75) is 39.4 Å². The van der Waals surface area contributed by atoms with Crippen LogP contribution in [0.4, 0.5) is 17.6 Å². The van der Waals surface area contributed by atoms with Crippen LogP contribution in [0.25, 0.3) is 0 Å². The van der Waals surface area contributed by atoms with Crippen LogP contribution in [0.5, 0.6) is 0 Å². The van der Waals surface area contributed by atoms with Crippen molar-refractivity contribution in [3.8, 4) is 0 Å². The van der Waals surface area contributed by atoms with Gasteiger partial charge in [0, 0.05) is 43.8 Å². The minimum atomic E-state index is 0.472. The highest BCUT2D eigenvalue weighted by Gasteiger charge is 2.24. The van der Waals surface area contributed by atoms with Crippen LogP contribution >= 0.6 is 23.8 Å². The average Bonchev–Trinajstić information content (AvgIpc) is 3.28. The van der Waals surface area contributed by atoms with Gasteiger partial charge in [0.25, 0.3) is 0 Å². The predicted octanol–water partition coefficient (Wildman–Crippen LogP) is 5.37. The van der Waals surface area contributed by atoms with Crippen LogP contribution in [0.2, 0.25) is 5.02 Å². The molecular formula is C26H29ClN6S. The maximum absolute atomic E-state index is 6.28. The number of piperidine rings is 1. The topological polar surface area (TPSA) is 56.3 Å². The molecule has 34 heavy (non-hydrogen) atoms. The van der Waals surface area contributed by atoms with Crippen molar-refractivity contribution in [1.82, 2.24) is 15.3 Å². The normalized spacial score (nSPS) is 17.4. The Hall–Kier alpha value is -2.90. The second kappa shape index (κ2) is 10.2. The van der Waals surface area contributed by atoms with E-state index in [2.05, 4.69) is 57.7 Å². The molecule has 8 heteroatoms. The third-order valence-electron chi connectivity index (χ3n) is 6.47. The Balaban J connectivity index is 1.36. The molecule has 176 valence electrons. The largest absolute Gasteiger partial charge is 0.358 e. The standard InChI is InChI=1S/C26H29ClN6S/c1-18-7-6-12-32(15-18)23-13-24(33-16-20-9-2-3-10-21(20)17-33)30-25(29-23)31-26(34)28-14-19-8-4-5-11-22(19)27/h2-5,8-11,13,18H,6-7,12,14-17H2,1H3,(H2,28,29,30,31,34). The summed E-state index contributed by atoms with van der Waals surface area (Å²) in [6.45, 7) is 6.54. The van der Waals surface area contributed by atoms with Crippen molar-refractivity contribution in [3.05, 3.63) is 76.3 Å². The van der Waals surface area contributed by atoms with E-state index in [0.29, 0.717) is 28.5 Å². The number of hydrogen-bond donors (Lipinski definition) is 2. The van der Waals surface area contributed by atoms with E-state index in [-0.39, 0.29) is 0 Å². The zero-order chi connectivity index (χ0) is 23.5. The van der Waals surface area contributed by atoms with Crippen molar-refractivity contribution in [1.29, 1.82) is 0 Å². The Morgan fingerprint density at radius 1 is 1.03 bits per heavy atom. The first kappa shape index (κ1) is 22.9. The molecule has 1 unspecified atom stereocenters. The molecule has 1 aromatic heterocycles. The molecule has 0 saturated carbocycles. The summed E-state index contributed by atoms with van der Waals surface area (Å²) in [6, 6.07) is 18.4. The van der Waals surface area contributed by atoms with Gasteiger partial charge >= 0.3 is 0 Å². The van der Waals surface area contributed by atoms with Gasteiger partial charge in [-0.3, -0.25) is 0 Å². The van der Waals surface area contributed by atoms with Gasteiger partial charge in [0.2, 0.25) is 5.95 Å². The summed E-state index contributed by atoms with van der Waals surface area (Å²) in [5.41, 5.74) is 3.68. The highest BCUT2D eigenvalue weighted by Crippen LogP contribution is 2.31. The summed E-state index contributed by atoms with van der Waals surface area (Å²) < 4.78 is 0. The second-order valence-corrected chi connectivity index (χ2v) is 9.94. The Kier molecular flexibility index (Phi) is 6.83.